The van der Waals surface area contributed by atoms with E-state index in [1.165, 1.54) is 5.56 Å². The van der Waals surface area contributed by atoms with Crippen molar-refractivity contribution in [1.29, 1.82) is 0 Å². The normalized spacial score (nSPS) is 16.1. The van der Waals surface area contributed by atoms with Crippen molar-refractivity contribution in [2.45, 2.75) is 25.4 Å². The predicted octanol–water partition coefficient (Wildman–Crippen LogP) is 2.78. The van der Waals surface area contributed by atoms with Crippen molar-refractivity contribution in [1.82, 2.24) is 19.9 Å². The van der Waals surface area contributed by atoms with Crippen LogP contribution in [0.4, 0.5) is 11.8 Å². The quantitative estimate of drug-likeness (QED) is 0.846. The van der Waals surface area contributed by atoms with Gasteiger partial charge in [-0.2, -0.15) is 4.98 Å². The molecule has 24 heavy (non-hydrogen) atoms. The molecular formula is C17H23BrN6. The van der Waals surface area contributed by atoms with E-state index in [4.69, 9.17) is 0 Å². The Hall–Kier alpha value is -1.73. The summed E-state index contributed by atoms with van der Waals surface area (Å²) >= 11 is 3.48. The summed E-state index contributed by atoms with van der Waals surface area (Å²) in [7, 11) is 3.91. The van der Waals surface area contributed by atoms with Crippen molar-refractivity contribution in [2.75, 3.05) is 37.4 Å². The van der Waals surface area contributed by atoms with E-state index in [0.29, 0.717) is 6.04 Å². The zero-order valence-electron chi connectivity index (χ0n) is 14.1. The average Bonchev–Trinajstić information content (AvgIpc) is 2.57. The minimum Gasteiger partial charge on any atom is -0.367 e. The lowest BCUT2D eigenvalue weighted by Gasteiger charge is -2.32. The van der Waals surface area contributed by atoms with Crippen LogP contribution in [0.15, 0.2) is 35.2 Å². The molecule has 1 aliphatic heterocycles. The van der Waals surface area contributed by atoms with Gasteiger partial charge in [-0.1, -0.05) is 0 Å². The SMILES string of the molecule is CN(C)c1nccc(NC2CCN(Cc3cncc(Br)c3)CC2)n1. The third kappa shape index (κ3) is 4.64. The highest BCUT2D eigenvalue weighted by atomic mass is 79.9. The van der Waals surface area contributed by atoms with E-state index in [1.807, 2.05) is 37.5 Å². The maximum absolute atomic E-state index is 4.54. The molecule has 0 aliphatic carbocycles. The van der Waals surface area contributed by atoms with E-state index in [2.05, 4.69) is 47.2 Å². The van der Waals surface area contributed by atoms with Crippen LogP contribution in [0.5, 0.6) is 0 Å². The lowest BCUT2D eigenvalue weighted by Crippen LogP contribution is -2.38. The average molecular weight is 391 g/mol. The molecule has 0 spiro atoms. The molecule has 1 fully saturated rings. The predicted molar refractivity (Wildman–Crippen MR) is 100 cm³/mol. The number of nitrogens with one attached hydrogen (secondary N) is 1. The van der Waals surface area contributed by atoms with Gasteiger partial charge >= 0.3 is 0 Å². The molecule has 7 heteroatoms. The van der Waals surface area contributed by atoms with Crippen LogP contribution < -0.4 is 10.2 Å². The van der Waals surface area contributed by atoms with Crippen LogP contribution in [0.1, 0.15) is 18.4 Å². The summed E-state index contributed by atoms with van der Waals surface area (Å²) in [5, 5.41) is 3.55. The molecule has 0 saturated carbocycles. The van der Waals surface area contributed by atoms with E-state index < -0.39 is 0 Å². The van der Waals surface area contributed by atoms with Gasteiger partial charge in [-0.15, -0.1) is 0 Å². The molecule has 0 atom stereocenters. The van der Waals surface area contributed by atoms with Gasteiger partial charge < -0.3 is 10.2 Å². The number of anilines is 2. The highest BCUT2D eigenvalue weighted by molar-refractivity contribution is 9.10. The van der Waals surface area contributed by atoms with Crippen LogP contribution in [0.2, 0.25) is 0 Å². The molecule has 6 nitrogen and oxygen atoms in total. The van der Waals surface area contributed by atoms with Gasteiger partial charge in [-0.05, 0) is 46.5 Å². The Morgan fingerprint density at radius 3 is 2.79 bits per heavy atom. The summed E-state index contributed by atoms with van der Waals surface area (Å²) < 4.78 is 1.04. The number of nitrogens with zero attached hydrogens (tertiary/aromatic N) is 5. The number of hydrogen-bond acceptors (Lipinski definition) is 6. The van der Waals surface area contributed by atoms with Crippen LogP contribution >= 0.6 is 15.9 Å². The fourth-order valence-corrected chi connectivity index (χ4v) is 3.30. The standard InChI is InChI=1S/C17H23BrN6/c1-23(2)17-20-6-3-16(22-17)21-15-4-7-24(8-5-15)12-13-9-14(18)11-19-10-13/h3,6,9-11,15H,4-5,7-8,12H2,1-2H3,(H,20,21,22). The van der Waals surface area contributed by atoms with Gasteiger partial charge in [0.1, 0.15) is 5.82 Å². The summed E-state index contributed by atoms with van der Waals surface area (Å²) in [6.45, 7) is 3.11. The second-order valence-corrected chi connectivity index (χ2v) is 7.26. The fraction of sp³-hybridized carbons (Fsp3) is 0.471. The van der Waals surface area contributed by atoms with E-state index in [0.717, 1.165) is 48.7 Å². The molecule has 3 rings (SSSR count). The maximum atomic E-state index is 4.54. The summed E-state index contributed by atoms with van der Waals surface area (Å²) in [5.74, 6) is 1.64. The Morgan fingerprint density at radius 1 is 1.29 bits per heavy atom. The first-order valence-electron chi connectivity index (χ1n) is 8.19. The summed E-state index contributed by atoms with van der Waals surface area (Å²) in [6.07, 6.45) is 7.80. The Bertz CT molecular complexity index is 670. The highest BCUT2D eigenvalue weighted by Gasteiger charge is 2.19. The largest absolute Gasteiger partial charge is 0.367 e. The van der Waals surface area contributed by atoms with E-state index in [1.54, 1.807) is 6.20 Å². The first kappa shape index (κ1) is 17.1. The second kappa shape index (κ2) is 7.90. The first-order chi connectivity index (χ1) is 11.6. The minimum absolute atomic E-state index is 0.465. The molecule has 0 radical (unpaired) electrons. The monoisotopic (exact) mass is 390 g/mol. The number of aromatic nitrogens is 3. The number of pyridine rings is 1. The Balaban J connectivity index is 1.51. The van der Waals surface area contributed by atoms with Crippen LogP contribution in [0, 0.1) is 0 Å². The molecule has 0 unspecified atom stereocenters. The maximum Gasteiger partial charge on any atom is 0.226 e. The molecule has 1 aliphatic rings. The molecule has 1 N–H and O–H groups in total. The first-order valence-corrected chi connectivity index (χ1v) is 8.98. The minimum atomic E-state index is 0.465. The van der Waals surface area contributed by atoms with Crippen LogP contribution in [0.3, 0.4) is 0 Å². The number of halogens is 1. The molecule has 3 heterocycles. The van der Waals surface area contributed by atoms with E-state index in [9.17, 15) is 0 Å². The van der Waals surface area contributed by atoms with Gasteiger partial charge in [-0.3, -0.25) is 9.88 Å². The summed E-state index contributed by atoms with van der Waals surface area (Å²) in [4.78, 5) is 17.4. The Kier molecular flexibility index (Phi) is 5.63. The van der Waals surface area contributed by atoms with Gasteiger partial charge in [0.25, 0.3) is 0 Å². The van der Waals surface area contributed by atoms with Crippen LogP contribution in [-0.2, 0) is 6.54 Å². The number of likely N-dealkylation sites (tertiary alicyclic amines) is 1. The van der Waals surface area contributed by atoms with Crippen molar-refractivity contribution in [2.24, 2.45) is 0 Å². The Morgan fingerprint density at radius 2 is 2.08 bits per heavy atom. The van der Waals surface area contributed by atoms with E-state index in [-0.39, 0.29) is 0 Å². The number of rotatable bonds is 5. The number of piperidine rings is 1. The van der Waals surface area contributed by atoms with Crippen molar-refractivity contribution in [3.8, 4) is 0 Å². The van der Waals surface area contributed by atoms with Crippen LogP contribution in [0.25, 0.3) is 0 Å². The van der Waals surface area contributed by atoms with Gasteiger partial charge in [0.05, 0.1) is 0 Å². The van der Waals surface area contributed by atoms with Crippen LogP contribution in [-0.4, -0.2) is 53.1 Å². The third-order valence-corrected chi connectivity index (χ3v) is 4.58. The lowest BCUT2D eigenvalue weighted by molar-refractivity contribution is 0.211. The smallest absolute Gasteiger partial charge is 0.226 e. The fourth-order valence-electron chi connectivity index (χ4n) is 2.89. The molecule has 128 valence electrons. The zero-order chi connectivity index (χ0) is 16.9. The Labute approximate surface area is 151 Å². The summed E-state index contributed by atoms with van der Waals surface area (Å²) in [6, 6.07) is 4.54. The van der Waals surface area contributed by atoms with Crippen molar-refractivity contribution >= 4 is 27.7 Å². The van der Waals surface area contributed by atoms with Crippen molar-refractivity contribution in [3.05, 3.63) is 40.8 Å². The molecule has 0 amide bonds. The molecule has 1 saturated heterocycles. The van der Waals surface area contributed by atoms with Gasteiger partial charge in [-0.25, -0.2) is 4.98 Å². The van der Waals surface area contributed by atoms with Gasteiger partial charge in [0.2, 0.25) is 5.95 Å². The topological polar surface area (TPSA) is 57.2 Å². The molecule has 0 aromatic carbocycles. The molecule has 0 bridgehead atoms. The summed E-state index contributed by atoms with van der Waals surface area (Å²) in [5.41, 5.74) is 1.25. The van der Waals surface area contributed by atoms with Gasteiger partial charge in [0, 0.05) is 62.8 Å². The lowest BCUT2D eigenvalue weighted by atomic mass is 10.0. The zero-order valence-corrected chi connectivity index (χ0v) is 15.7. The second-order valence-electron chi connectivity index (χ2n) is 6.34. The van der Waals surface area contributed by atoms with Crippen molar-refractivity contribution in [3.63, 3.8) is 0 Å². The molecule has 2 aromatic rings. The van der Waals surface area contributed by atoms with Crippen molar-refractivity contribution < 1.29 is 0 Å². The van der Waals surface area contributed by atoms with E-state index >= 15 is 0 Å². The van der Waals surface area contributed by atoms with Gasteiger partial charge in [0.15, 0.2) is 0 Å². The third-order valence-electron chi connectivity index (χ3n) is 4.15. The molecule has 2 aromatic heterocycles. The molecular weight excluding hydrogens is 368 g/mol. The highest BCUT2D eigenvalue weighted by Crippen LogP contribution is 2.19. The number of hydrogen-bond donors (Lipinski definition) is 1.